The molecule has 96 valence electrons. The van der Waals surface area contributed by atoms with Crippen molar-refractivity contribution in [3.63, 3.8) is 0 Å². The number of pyridine rings is 1. The summed E-state index contributed by atoms with van der Waals surface area (Å²) in [7, 11) is 0. The SMILES string of the molecule is Cc1cccc(CNc2nccn3c(C)nnc23)n1. The second-order valence-electron chi connectivity index (χ2n) is 4.34. The Bertz CT molecular complexity index is 718. The van der Waals surface area contributed by atoms with Crippen molar-refractivity contribution in [3.05, 3.63) is 47.8 Å². The van der Waals surface area contributed by atoms with E-state index in [2.05, 4.69) is 25.5 Å². The van der Waals surface area contributed by atoms with E-state index in [0.29, 0.717) is 12.4 Å². The van der Waals surface area contributed by atoms with Crippen LogP contribution in [0.5, 0.6) is 0 Å². The molecule has 3 aromatic heterocycles. The van der Waals surface area contributed by atoms with Crippen LogP contribution < -0.4 is 5.32 Å². The van der Waals surface area contributed by atoms with E-state index in [4.69, 9.17) is 0 Å². The van der Waals surface area contributed by atoms with Gasteiger partial charge >= 0.3 is 0 Å². The molecule has 0 aliphatic heterocycles. The van der Waals surface area contributed by atoms with Crippen LogP contribution in [0.4, 0.5) is 5.82 Å². The number of hydrogen-bond donors (Lipinski definition) is 1. The first-order valence-electron chi connectivity index (χ1n) is 6.07. The van der Waals surface area contributed by atoms with E-state index in [-0.39, 0.29) is 0 Å². The van der Waals surface area contributed by atoms with Crippen LogP contribution in [0.1, 0.15) is 17.2 Å². The molecule has 0 saturated heterocycles. The molecule has 0 fully saturated rings. The van der Waals surface area contributed by atoms with Crippen molar-refractivity contribution in [2.75, 3.05) is 5.32 Å². The van der Waals surface area contributed by atoms with Crippen molar-refractivity contribution in [2.24, 2.45) is 0 Å². The molecule has 0 bridgehead atoms. The molecule has 0 saturated carbocycles. The van der Waals surface area contributed by atoms with Crippen LogP contribution in [-0.4, -0.2) is 24.6 Å². The lowest BCUT2D eigenvalue weighted by molar-refractivity contribution is 0.987. The topological polar surface area (TPSA) is 68.0 Å². The van der Waals surface area contributed by atoms with Crippen molar-refractivity contribution in [3.8, 4) is 0 Å². The molecule has 6 heteroatoms. The maximum atomic E-state index is 4.44. The number of rotatable bonds is 3. The van der Waals surface area contributed by atoms with Gasteiger partial charge in [0.05, 0.1) is 12.2 Å². The molecule has 6 nitrogen and oxygen atoms in total. The third-order valence-corrected chi connectivity index (χ3v) is 2.88. The Balaban J connectivity index is 1.86. The van der Waals surface area contributed by atoms with E-state index in [1.165, 1.54) is 0 Å². The quantitative estimate of drug-likeness (QED) is 0.771. The molecule has 0 aliphatic carbocycles. The van der Waals surface area contributed by atoms with Gasteiger partial charge in [-0.3, -0.25) is 9.38 Å². The fraction of sp³-hybridized carbons (Fsp3) is 0.231. The fourth-order valence-electron chi connectivity index (χ4n) is 1.94. The minimum atomic E-state index is 0.611. The van der Waals surface area contributed by atoms with E-state index in [1.54, 1.807) is 6.20 Å². The van der Waals surface area contributed by atoms with E-state index in [1.807, 2.05) is 42.6 Å². The molecule has 0 aliphatic rings. The second-order valence-corrected chi connectivity index (χ2v) is 4.34. The number of aromatic nitrogens is 5. The average molecular weight is 254 g/mol. The van der Waals surface area contributed by atoms with Crippen LogP contribution in [0.25, 0.3) is 5.65 Å². The number of nitrogens with one attached hydrogen (secondary N) is 1. The molecule has 0 atom stereocenters. The fourth-order valence-corrected chi connectivity index (χ4v) is 1.94. The minimum Gasteiger partial charge on any atom is -0.361 e. The first-order valence-corrected chi connectivity index (χ1v) is 6.07. The zero-order chi connectivity index (χ0) is 13.2. The Morgan fingerprint density at radius 1 is 1.21 bits per heavy atom. The van der Waals surface area contributed by atoms with E-state index in [0.717, 1.165) is 22.9 Å². The summed E-state index contributed by atoms with van der Waals surface area (Å²) in [6, 6.07) is 5.95. The molecule has 0 amide bonds. The number of nitrogens with zero attached hydrogens (tertiary/aromatic N) is 5. The van der Waals surface area contributed by atoms with Crippen LogP contribution in [0.2, 0.25) is 0 Å². The first kappa shape index (κ1) is 11.6. The summed E-state index contributed by atoms with van der Waals surface area (Å²) in [6.45, 7) is 4.50. The van der Waals surface area contributed by atoms with Crippen LogP contribution in [0, 0.1) is 13.8 Å². The number of hydrogen-bond acceptors (Lipinski definition) is 5. The largest absolute Gasteiger partial charge is 0.361 e. The van der Waals surface area contributed by atoms with Gasteiger partial charge in [-0.2, -0.15) is 0 Å². The van der Waals surface area contributed by atoms with Gasteiger partial charge in [0.25, 0.3) is 0 Å². The van der Waals surface area contributed by atoms with Gasteiger partial charge in [0.2, 0.25) is 5.65 Å². The molecule has 0 radical (unpaired) electrons. The Kier molecular flexibility index (Phi) is 2.83. The lowest BCUT2D eigenvalue weighted by atomic mass is 10.3. The van der Waals surface area contributed by atoms with Crippen molar-refractivity contribution >= 4 is 11.5 Å². The first-order chi connectivity index (χ1) is 9.24. The zero-order valence-corrected chi connectivity index (χ0v) is 10.8. The molecular formula is C13H14N6. The van der Waals surface area contributed by atoms with Crippen LogP contribution in [0.15, 0.2) is 30.6 Å². The van der Waals surface area contributed by atoms with Crippen LogP contribution in [0.3, 0.4) is 0 Å². The number of fused-ring (bicyclic) bond motifs is 1. The summed E-state index contributed by atoms with van der Waals surface area (Å²) < 4.78 is 1.90. The van der Waals surface area contributed by atoms with Crippen molar-refractivity contribution < 1.29 is 0 Å². The predicted octanol–water partition coefficient (Wildman–Crippen LogP) is 1.75. The normalized spacial score (nSPS) is 10.8. The summed E-state index contributed by atoms with van der Waals surface area (Å²) in [5, 5.41) is 11.4. The van der Waals surface area contributed by atoms with Gasteiger partial charge < -0.3 is 5.32 Å². The third kappa shape index (κ3) is 2.24. The second kappa shape index (κ2) is 4.64. The standard InChI is InChI=1S/C13H14N6/c1-9-4-3-5-11(16-9)8-15-12-13-18-17-10(2)19(13)7-6-14-12/h3-7H,8H2,1-2H3,(H,14,15). The number of aryl methyl sites for hydroxylation is 2. The lowest BCUT2D eigenvalue weighted by Crippen LogP contribution is -2.05. The third-order valence-electron chi connectivity index (χ3n) is 2.88. The zero-order valence-electron chi connectivity index (χ0n) is 10.8. The highest BCUT2D eigenvalue weighted by atomic mass is 15.3. The van der Waals surface area contributed by atoms with Crippen molar-refractivity contribution in [2.45, 2.75) is 20.4 Å². The van der Waals surface area contributed by atoms with Crippen LogP contribution in [-0.2, 0) is 6.54 Å². The maximum absolute atomic E-state index is 4.44. The average Bonchev–Trinajstić information content (AvgIpc) is 2.79. The highest BCUT2D eigenvalue weighted by Crippen LogP contribution is 2.12. The minimum absolute atomic E-state index is 0.611. The molecule has 19 heavy (non-hydrogen) atoms. The van der Waals surface area contributed by atoms with Gasteiger partial charge in [-0.1, -0.05) is 6.07 Å². The van der Waals surface area contributed by atoms with Crippen molar-refractivity contribution in [1.29, 1.82) is 0 Å². The van der Waals surface area contributed by atoms with E-state index < -0.39 is 0 Å². The molecule has 0 unspecified atom stereocenters. The highest BCUT2D eigenvalue weighted by Gasteiger charge is 2.07. The monoisotopic (exact) mass is 254 g/mol. The predicted molar refractivity (Wildman–Crippen MR) is 71.8 cm³/mol. The number of anilines is 1. The van der Waals surface area contributed by atoms with Gasteiger partial charge in [0, 0.05) is 18.1 Å². The molecule has 0 aromatic carbocycles. The van der Waals surface area contributed by atoms with Crippen molar-refractivity contribution in [1.82, 2.24) is 24.6 Å². The summed E-state index contributed by atoms with van der Waals surface area (Å²) in [4.78, 5) is 8.74. The smallest absolute Gasteiger partial charge is 0.203 e. The van der Waals surface area contributed by atoms with Gasteiger partial charge in [-0.25, -0.2) is 4.98 Å². The Labute approximate surface area is 110 Å². The Hall–Kier alpha value is -2.50. The summed E-state index contributed by atoms with van der Waals surface area (Å²) in [5.74, 6) is 1.56. The highest BCUT2D eigenvalue weighted by molar-refractivity contribution is 5.61. The van der Waals surface area contributed by atoms with Gasteiger partial charge in [-0.05, 0) is 26.0 Å². The summed E-state index contributed by atoms with van der Waals surface area (Å²) in [5.41, 5.74) is 2.71. The molecular weight excluding hydrogens is 240 g/mol. The maximum Gasteiger partial charge on any atom is 0.203 e. The van der Waals surface area contributed by atoms with E-state index >= 15 is 0 Å². The molecule has 1 N–H and O–H groups in total. The van der Waals surface area contributed by atoms with E-state index in [9.17, 15) is 0 Å². The summed E-state index contributed by atoms with van der Waals surface area (Å²) >= 11 is 0. The van der Waals surface area contributed by atoms with Crippen LogP contribution >= 0.6 is 0 Å². The molecule has 3 aromatic rings. The lowest BCUT2D eigenvalue weighted by Gasteiger charge is -2.06. The molecule has 0 spiro atoms. The van der Waals surface area contributed by atoms with Gasteiger partial charge in [0.1, 0.15) is 5.82 Å². The Morgan fingerprint density at radius 3 is 2.95 bits per heavy atom. The molecule has 3 heterocycles. The molecule has 3 rings (SSSR count). The van der Waals surface area contributed by atoms with Gasteiger partial charge in [0.15, 0.2) is 5.82 Å². The van der Waals surface area contributed by atoms with Gasteiger partial charge in [-0.15, -0.1) is 10.2 Å². The summed E-state index contributed by atoms with van der Waals surface area (Å²) in [6.07, 6.45) is 3.58. The Morgan fingerprint density at radius 2 is 2.11 bits per heavy atom.